The Morgan fingerprint density at radius 1 is 1.18 bits per heavy atom. The van der Waals surface area contributed by atoms with Gasteiger partial charge < -0.3 is 9.47 Å². The van der Waals surface area contributed by atoms with E-state index in [9.17, 15) is 0 Å². The second-order valence-corrected chi connectivity index (χ2v) is 2.62. The standard InChI is InChI=1S/C11H12O2.2C2H6/c1-4-7-13-10-6-5-9(2)11(8-10)12-3;2*1-2/h1,5-6,8H,7H2,2-3H3;2*1-2H3. The number of terminal acetylenes is 1. The van der Waals surface area contributed by atoms with Crippen LogP contribution in [0.15, 0.2) is 18.2 Å². The van der Waals surface area contributed by atoms with E-state index in [0.717, 1.165) is 17.1 Å². The highest BCUT2D eigenvalue weighted by Crippen LogP contribution is 2.23. The molecule has 0 aromatic heterocycles. The van der Waals surface area contributed by atoms with Gasteiger partial charge in [0, 0.05) is 6.07 Å². The van der Waals surface area contributed by atoms with E-state index in [0.29, 0.717) is 0 Å². The van der Waals surface area contributed by atoms with Gasteiger partial charge in [-0.2, -0.15) is 0 Å². The number of aryl methyl sites for hydroxylation is 1. The van der Waals surface area contributed by atoms with Crippen molar-refractivity contribution in [2.45, 2.75) is 34.6 Å². The molecule has 0 N–H and O–H groups in total. The second-order valence-electron chi connectivity index (χ2n) is 2.62. The van der Waals surface area contributed by atoms with Gasteiger partial charge in [-0.1, -0.05) is 39.7 Å². The van der Waals surface area contributed by atoms with Gasteiger partial charge in [0.2, 0.25) is 0 Å². The number of methoxy groups -OCH3 is 1. The van der Waals surface area contributed by atoms with Gasteiger partial charge in [0.05, 0.1) is 7.11 Å². The van der Waals surface area contributed by atoms with Crippen molar-refractivity contribution in [3.63, 3.8) is 0 Å². The van der Waals surface area contributed by atoms with Crippen LogP contribution in [0.4, 0.5) is 0 Å². The van der Waals surface area contributed by atoms with E-state index in [1.165, 1.54) is 0 Å². The minimum Gasteiger partial charge on any atom is -0.496 e. The van der Waals surface area contributed by atoms with Gasteiger partial charge in [0.1, 0.15) is 18.1 Å². The molecule has 2 heteroatoms. The van der Waals surface area contributed by atoms with Gasteiger partial charge in [-0.25, -0.2) is 0 Å². The molecular formula is C15H24O2. The summed E-state index contributed by atoms with van der Waals surface area (Å²) >= 11 is 0. The summed E-state index contributed by atoms with van der Waals surface area (Å²) in [6.45, 7) is 10.3. The first-order valence-corrected chi connectivity index (χ1v) is 5.99. The van der Waals surface area contributed by atoms with Crippen LogP contribution in [0, 0.1) is 19.3 Å². The van der Waals surface area contributed by atoms with Crippen LogP contribution in [0.1, 0.15) is 33.3 Å². The summed E-state index contributed by atoms with van der Waals surface area (Å²) in [5.41, 5.74) is 1.08. The molecule has 0 saturated heterocycles. The van der Waals surface area contributed by atoms with Crippen molar-refractivity contribution < 1.29 is 9.47 Å². The van der Waals surface area contributed by atoms with E-state index in [4.69, 9.17) is 15.9 Å². The molecule has 1 aromatic rings. The number of hydrogen-bond donors (Lipinski definition) is 0. The maximum absolute atomic E-state index is 5.24. The zero-order chi connectivity index (χ0) is 13.7. The maximum Gasteiger partial charge on any atom is 0.148 e. The zero-order valence-electron chi connectivity index (χ0n) is 11.8. The third kappa shape index (κ3) is 7.30. The van der Waals surface area contributed by atoms with E-state index in [2.05, 4.69) is 5.92 Å². The lowest BCUT2D eigenvalue weighted by Crippen LogP contribution is -1.94. The molecule has 0 aliphatic carbocycles. The SMILES string of the molecule is C#CCOc1ccc(C)c(OC)c1.CC.CC. The molecule has 0 amide bonds. The highest BCUT2D eigenvalue weighted by Gasteiger charge is 1.99. The van der Waals surface area contributed by atoms with Crippen LogP contribution in [-0.2, 0) is 0 Å². The molecule has 0 saturated carbocycles. The third-order valence-electron chi connectivity index (χ3n) is 1.70. The van der Waals surface area contributed by atoms with Crippen LogP contribution in [0.25, 0.3) is 0 Å². The summed E-state index contributed by atoms with van der Waals surface area (Å²) in [6, 6.07) is 5.63. The molecular weight excluding hydrogens is 212 g/mol. The first-order valence-electron chi connectivity index (χ1n) is 5.99. The first-order chi connectivity index (χ1) is 8.27. The monoisotopic (exact) mass is 236 g/mol. The lowest BCUT2D eigenvalue weighted by molar-refractivity contribution is 0.362. The van der Waals surface area contributed by atoms with Gasteiger partial charge in [0.25, 0.3) is 0 Å². The Kier molecular flexibility index (Phi) is 13.0. The number of benzene rings is 1. The fourth-order valence-electron chi connectivity index (χ4n) is 1.02. The van der Waals surface area contributed by atoms with Crippen LogP contribution in [0.5, 0.6) is 11.5 Å². The summed E-state index contributed by atoms with van der Waals surface area (Å²) in [5, 5.41) is 0. The molecule has 0 unspecified atom stereocenters. The van der Waals surface area contributed by atoms with Gasteiger partial charge in [-0.3, -0.25) is 0 Å². The van der Waals surface area contributed by atoms with Crippen molar-refractivity contribution >= 4 is 0 Å². The van der Waals surface area contributed by atoms with Crippen LogP contribution in [0.3, 0.4) is 0 Å². The molecule has 0 aliphatic heterocycles. The maximum atomic E-state index is 5.24. The smallest absolute Gasteiger partial charge is 0.148 e. The minimum atomic E-state index is 0.284. The number of hydrogen-bond acceptors (Lipinski definition) is 2. The van der Waals surface area contributed by atoms with Crippen LogP contribution in [0.2, 0.25) is 0 Å². The van der Waals surface area contributed by atoms with E-state index < -0.39 is 0 Å². The highest BCUT2D eigenvalue weighted by molar-refractivity contribution is 5.39. The zero-order valence-corrected chi connectivity index (χ0v) is 11.8. The van der Waals surface area contributed by atoms with Crippen LogP contribution < -0.4 is 9.47 Å². The largest absolute Gasteiger partial charge is 0.496 e. The molecule has 0 bridgehead atoms. The average molecular weight is 236 g/mol. The predicted octanol–water partition coefficient (Wildman–Crippen LogP) is 4.07. The molecule has 0 radical (unpaired) electrons. The minimum absolute atomic E-state index is 0.284. The molecule has 1 rings (SSSR count). The molecule has 0 fully saturated rings. The van der Waals surface area contributed by atoms with Crippen molar-refractivity contribution in [3.8, 4) is 23.8 Å². The highest BCUT2D eigenvalue weighted by atomic mass is 16.5. The van der Waals surface area contributed by atoms with Crippen molar-refractivity contribution in [1.82, 2.24) is 0 Å². The molecule has 17 heavy (non-hydrogen) atoms. The summed E-state index contributed by atoms with van der Waals surface area (Å²) in [6.07, 6.45) is 5.07. The fourth-order valence-corrected chi connectivity index (χ4v) is 1.02. The summed E-state index contributed by atoms with van der Waals surface area (Å²) in [4.78, 5) is 0. The van der Waals surface area contributed by atoms with Crippen molar-refractivity contribution in [2.75, 3.05) is 13.7 Å². The van der Waals surface area contributed by atoms with Gasteiger partial charge >= 0.3 is 0 Å². The van der Waals surface area contributed by atoms with Gasteiger partial charge in [-0.15, -0.1) is 6.42 Å². The summed E-state index contributed by atoms with van der Waals surface area (Å²) < 4.78 is 10.4. The van der Waals surface area contributed by atoms with Gasteiger partial charge in [0.15, 0.2) is 0 Å². The lowest BCUT2D eigenvalue weighted by Gasteiger charge is -2.07. The molecule has 0 spiro atoms. The van der Waals surface area contributed by atoms with E-state index in [1.54, 1.807) is 7.11 Å². The Balaban J connectivity index is 0. The second kappa shape index (κ2) is 12.4. The quantitative estimate of drug-likeness (QED) is 0.737. The summed E-state index contributed by atoms with van der Waals surface area (Å²) in [5.74, 6) is 3.96. The molecule has 96 valence electrons. The topological polar surface area (TPSA) is 18.5 Å². The summed E-state index contributed by atoms with van der Waals surface area (Å²) in [7, 11) is 1.63. The third-order valence-corrected chi connectivity index (χ3v) is 1.70. The fraction of sp³-hybridized carbons (Fsp3) is 0.467. The molecule has 0 atom stereocenters. The Labute approximate surface area is 106 Å². The number of ether oxygens (including phenoxy) is 2. The number of rotatable bonds is 3. The first kappa shape index (κ1) is 17.8. The normalized spacial score (nSPS) is 7.59. The molecule has 2 nitrogen and oxygen atoms in total. The van der Waals surface area contributed by atoms with Crippen LogP contribution >= 0.6 is 0 Å². The Morgan fingerprint density at radius 2 is 1.76 bits per heavy atom. The van der Waals surface area contributed by atoms with Crippen LogP contribution in [-0.4, -0.2) is 13.7 Å². The Morgan fingerprint density at radius 3 is 2.24 bits per heavy atom. The molecule has 1 aromatic carbocycles. The Hall–Kier alpha value is -1.62. The van der Waals surface area contributed by atoms with Gasteiger partial charge in [-0.05, 0) is 18.6 Å². The molecule has 0 aliphatic rings. The lowest BCUT2D eigenvalue weighted by atomic mass is 10.2. The predicted molar refractivity (Wildman–Crippen MR) is 74.8 cm³/mol. The van der Waals surface area contributed by atoms with E-state index >= 15 is 0 Å². The van der Waals surface area contributed by atoms with Crippen molar-refractivity contribution in [2.24, 2.45) is 0 Å². The Bertz CT molecular complexity index is 324. The van der Waals surface area contributed by atoms with Crippen molar-refractivity contribution in [1.29, 1.82) is 0 Å². The van der Waals surface area contributed by atoms with Crippen molar-refractivity contribution in [3.05, 3.63) is 23.8 Å². The molecule has 0 heterocycles. The average Bonchev–Trinajstić information content (AvgIpc) is 2.42. The van der Waals surface area contributed by atoms with E-state index in [1.807, 2.05) is 52.8 Å². The van der Waals surface area contributed by atoms with E-state index in [-0.39, 0.29) is 6.61 Å².